The number of hydrogen-bond acceptors (Lipinski definition) is 0. The van der Waals surface area contributed by atoms with Gasteiger partial charge in [0.25, 0.3) is 0 Å². The highest BCUT2D eigenvalue weighted by Gasteiger charge is 2.74. The van der Waals surface area contributed by atoms with Crippen molar-refractivity contribution in [3.63, 3.8) is 0 Å². The van der Waals surface area contributed by atoms with Gasteiger partial charge in [0.2, 0.25) is 0 Å². The molecule has 2 fully saturated rings. The van der Waals surface area contributed by atoms with Crippen molar-refractivity contribution in [1.82, 2.24) is 4.48 Å². The molecule has 50 valence electrons. The molecule has 0 saturated carbocycles. The highest BCUT2D eigenvalue weighted by molar-refractivity contribution is 5.57. The lowest BCUT2D eigenvalue weighted by atomic mass is 10.3. The first-order chi connectivity index (χ1) is 4.92. The molecule has 0 atom stereocenters. The van der Waals surface area contributed by atoms with Crippen molar-refractivity contribution < 1.29 is 0 Å². The van der Waals surface area contributed by atoms with Gasteiger partial charge in [-0.2, -0.15) is 0 Å². The molecule has 0 unspecified atom stereocenters. The average Bonchev–Trinajstić information content (AvgIpc) is 2.74. The predicted octanol–water partition coefficient (Wildman–Crippen LogP) is 1.39. The minimum atomic E-state index is 1.02. The molecule has 10 heavy (non-hydrogen) atoms. The van der Waals surface area contributed by atoms with Crippen LogP contribution in [0.15, 0.2) is 30.3 Å². The summed E-state index contributed by atoms with van der Waals surface area (Å²) in [5.41, 5.74) is 1.52. The molecule has 0 N–H and O–H groups in total. The van der Waals surface area contributed by atoms with Crippen LogP contribution in [0, 0.1) is 0 Å². The maximum absolute atomic E-state index is 2.24. The Labute approximate surface area is 60.5 Å². The van der Waals surface area contributed by atoms with Gasteiger partial charge in [0.05, 0.1) is 0 Å². The molecule has 2 saturated heterocycles. The van der Waals surface area contributed by atoms with E-state index in [2.05, 4.69) is 30.3 Å². The van der Waals surface area contributed by atoms with E-state index in [4.69, 9.17) is 0 Å². The first-order valence-corrected chi connectivity index (χ1v) is 3.84. The molecule has 1 aromatic carbocycles. The number of nitrogens with zero attached hydrogens (tertiary/aromatic N) is 1. The van der Waals surface area contributed by atoms with Crippen molar-refractivity contribution in [2.24, 2.45) is 0 Å². The van der Waals surface area contributed by atoms with Gasteiger partial charge in [-0.25, -0.2) is 0 Å². The highest BCUT2D eigenvalue weighted by atomic mass is 15.6. The third kappa shape index (κ3) is 0.433. The SMILES string of the molecule is c1ccc([N+]23CC2C3)cc1. The lowest BCUT2D eigenvalue weighted by Crippen LogP contribution is -2.09. The number of hydrogen-bond donors (Lipinski definition) is 0. The van der Waals surface area contributed by atoms with Crippen molar-refractivity contribution in [3.8, 4) is 0 Å². The van der Waals surface area contributed by atoms with Gasteiger partial charge in [-0.1, -0.05) is 18.2 Å². The Kier molecular flexibility index (Phi) is 0.627. The third-order valence-corrected chi connectivity index (χ3v) is 2.78. The Morgan fingerprint density at radius 1 is 1.10 bits per heavy atom. The standard InChI is InChI=1S/C9H10N/c1-2-4-8(5-3-1)10-6-9(10)7-10/h1-5,9H,6-7H2/q+1. The molecule has 2 aliphatic heterocycles. The second kappa shape index (κ2) is 1.28. The normalized spacial score (nSPS) is 40.6. The summed E-state index contributed by atoms with van der Waals surface area (Å²) in [5, 5.41) is 0. The summed E-state index contributed by atoms with van der Waals surface area (Å²) in [4.78, 5) is 0. The number of rotatable bonds is 1. The second-order valence-electron chi connectivity index (χ2n) is 3.39. The largest absolute Gasteiger partial charge is 0.269 e. The molecular formula is C9H10N+. The molecule has 0 spiro atoms. The highest BCUT2D eigenvalue weighted by Crippen LogP contribution is 2.51. The van der Waals surface area contributed by atoms with Crippen molar-refractivity contribution in [1.29, 1.82) is 0 Å². The van der Waals surface area contributed by atoms with E-state index in [1.165, 1.54) is 23.3 Å². The Morgan fingerprint density at radius 2 is 1.70 bits per heavy atom. The number of fused-ring (bicyclic) bond motifs is 1. The zero-order valence-corrected chi connectivity index (χ0v) is 5.83. The number of para-hydroxylation sites is 1. The van der Waals surface area contributed by atoms with E-state index in [1.807, 2.05) is 0 Å². The lowest BCUT2D eigenvalue weighted by Gasteiger charge is -2.01. The molecule has 1 aromatic rings. The molecule has 0 aliphatic carbocycles. The number of benzene rings is 1. The fourth-order valence-corrected chi connectivity index (χ4v) is 1.75. The summed E-state index contributed by atoms with van der Waals surface area (Å²) in [6.45, 7) is 2.81. The maximum Gasteiger partial charge on any atom is 0.194 e. The molecule has 0 radical (unpaired) electrons. The van der Waals surface area contributed by atoms with Gasteiger partial charge >= 0.3 is 0 Å². The summed E-state index contributed by atoms with van der Waals surface area (Å²) < 4.78 is 1.31. The van der Waals surface area contributed by atoms with Gasteiger partial charge < -0.3 is 0 Å². The zero-order chi connectivity index (χ0) is 6.60. The van der Waals surface area contributed by atoms with E-state index < -0.39 is 0 Å². The quantitative estimate of drug-likeness (QED) is 0.400. The minimum absolute atomic E-state index is 1.02. The molecule has 1 heteroatoms. The van der Waals surface area contributed by atoms with Crippen LogP contribution in [0.3, 0.4) is 0 Å². The van der Waals surface area contributed by atoms with E-state index in [-0.39, 0.29) is 0 Å². The first-order valence-electron chi connectivity index (χ1n) is 3.84. The monoisotopic (exact) mass is 132 g/mol. The van der Waals surface area contributed by atoms with Crippen LogP contribution in [0.4, 0.5) is 5.69 Å². The minimum Gasteiger partial charge on any atom is -0.269 e. The fraction of sp³-hybridized carbons (Fsp3) is 0.333. The van der Waals surface area contributed by atoms with Crippen molar-refractivity contribution in [2.75, 3.05) is 13.1 Å². The molecule has 2 heterocycles. The van der Waals surface area contributed by atoms with Gasteiger partial charge in [-0.3, -0.25) is 4.48 Å². The van der Waals surface area contributed by atoms with Gasteiger partial charge in [0, 0.05) is 0 Å². The van der Waals surface area contributed by atoms with Crippen molar-refractivity contribution >= 4 is 5.69 Å². The predicted molar refractivity (Wildman–Crippen MR) is 41.8 cm³/mol. The number of quaternary nitrogens is 1. The van der Waals surface area contributed by atoms with Crippen LogP contribution in [-0.2, 0) is 0 Å². The summed E-state index contributed by atoms with van der Waals surface area (Å²) in [5.74, 6) is 0. The summed E-state index contributed by atoms with van der Waals surface area (Å²) in [6.07, 6.45) is 0. The lowest BCUT2D eigenvalue weighted by molar-refractivity contribution is 0.762. The van der Waals surface area contributed by atoms with Crippen LogP contribution in [-0.4, -0.2) is 19.1 Å². The summed E-state index contributed by atoms with van der Waals surface area (Å²) >= 11 is 0. The van der Waals surface area contributed by atoms with E-state index in [9.17, 15) is 0 Å². The van der Waals surface area contributed by atoms with Gasteiger partial charge in [0.1, 0.15) is 18.8 Å². The van der Waals surface area contributed by atoms with Gasteiger partial charge in [0.15, 0.2) is 6.04 Å². The van der Waals surface area contributed by atoms with E-state index in [1.54, 1.807) is 0 Å². The van der Waals surface area contributed by atoms with E-state index in [0.29, 0.717) is 0 Å². The van der Waals surface area contributed by atoms with Crippen LogP contribution < -0.4 is 4.48 Å². The molecule has 1 nitrogen and oxygen atoms in total. The molecule has 0 bridgehead atoms. The summed E-state index contributed by atoms with van der Waals surface area (Å²) in [6, 6.07) is 11.9. The smallest absolute Gasteiger partial charge is 0.194 e. The van der Waals surface area contributed by atoms with Crippen molar-refractivity contribution in [3.05, 3.63) is 30.3 Å². The topological polar surface area (TPSA) is 0 Å². The molecule has 0 aromatic heterocycles. The molecular weight excluding hydrogens is 122 g/mol. The van der Waals surface area contributed by atoms with Crippen LogP contribution in [0.25, 0.3) is 0 Å². The van der Waals surface area contributed by atoms with Crippen molar-refractivity contribution in [2.45, 2.75) is 6.04 Å². The van der Waals surface area contributed by atoms with E-state index in [0.717, 1.165) is 6.04 Å². The van der Waals surface area contributed by atoms with Crippen LogP contribution in [0.5, 0.6) is 0 Å². The average molecular weight is 132 g/mol. The van der Waals surface area contributed by atoms with Gasteiger partial charge in [-0.15, -0.1) is 0 Å². The fourth-order valence-electron chi connectivity index (χ4n) is 1.75. The van der Waals surface area contributed by atoms with Crippen LogP contribution in [0.2, 0.25) is 0 Å². The van der Waals surface area contributed by atoms with Crippen LogP contribution >= 0.6 is 0 Å². The Hall–Kier alpha value is -0.820. The Balaban J connectivity index is 2.07. The molecule has 2 aliphatic rings. The first kappa shape index (κ1) is 4.91. The van der Waals surface area contributed by atoms with E-state index >= 15 is 0 Å². The molecule has 0 amide bonds. The van der Waals surface area contributed by atoms with Gasteiger partial charge in [-0.05, 0) is 12.1 Å². The van der Waals surface area contributed by atoms with Crippen LogP contribution in [0.1, 0.15) is 0 Å². The Morgan fingerprint density at radius 3 is 2.20 bits per heavy atom. The maximum atomic E-state index is 2.24. The second-order valence-corrected chi connectivity index (χ2v) is 3.39. The zero-order valence-electron chi connectivity index (χ0n) is 5.83. The Bertz CT molecular complexity index is 259. The summed E-state index contributed by atoms with van der Waals surface area (Å²) in [7, 11) is 0. The molecule has 3 rings (SSSR count). The third-order valence-electron chi connectivity index (χ3n) is 2.78.